The monoisotopic (exact) mass is 272 g/mol. The first-order chi connectivity index (χ1) is 8.93. The fourth-order valence-electron chi connectivity index (χ4n) is 1.78. The first-order valence-corrected chi connectivity index (χ1v) is 5.72. The molecule has 0 spiro atoms. The van der Waals surface area contributed by atoms with Crippen molar-refractivity contribution in [1.29, 1.82) is 0 Å². The number of hydrogen-bond acceptors (Lipinski definition) is 5. The van der Waals surface area contributed by atoms with E-state index >= 15 is 0 Å². The molecule has 1 aromatic carbocycles. The summed E-state index contributed by atoms with van der Waals surface area (Å²) in [5.41, 5.74) is 0.0704. The van der Waals surface area contributed by atoms with Crippen LogP contribution >= 0.6 is 0 Å². The lowest BCUT2D eigenvalue weighted by molar-refractivity contribution is -0.387. The van der Waals surface area contributed by atoms with Crippen molar-refractivity contribution >= 4 is 5.69 Å². The second kappa shape index (κ2) is 7.13. The SMILES string of the molecule is COCC(O)CN(C)Cc1ccc([N+](=O)[O-])c(F)c1. The fraction of sp³-hybridized carbons (Fsp3) is 0.500. The lowest BCUT2D eigenvalue weighted by atomic mass is 10.2. The van der Waals surface area contributed by atoms with Crippen LogP contribution in [0.2, 0.25) is 0 Å². The molecule has 1 atom stereocenters. The van der Waals surface area contributed by atoms with E-state index in [0.717, 1.165) is 12.1 Å². The summed E-state index contributed by atoms with van der Waals surface area (Å²) in [5.74, 6) is -0.853. The molecule has 0 aliphatic rings. The van der Waals surface area contributed by atoms with Crippen LogP contribution in [0.25, 0.3) is 0 Å². The van der Waals surface area contributed by atoms with Gasteiger partial charge in [0.25, 0.3) is 0 Å². The lowest BCUT2D eigenvalue weighted by Crippen LogP contribution is -2.31. The van der Waals surface area contributed by atoms with Gasteiger partial charge in [0.2, 0.25) is 5.82 Å². The van der Waals surface area contributed by atoms with Crippen molar-refractivity contribution in [2.75, 3.05) is 27.3 Å². The molecule has 0 saturated carbocycles. The zero-order chi connectivity index (χ0) is 14.4. The maximum Gasteiger partial charge on any atom is 0.304 e. The van der Waals surface area contributed by atoms with Crippen LogP contribution in [0.15, 0.2) is 18.2 Å². The summed E-state index contributed by atoms with van der Waals surface area (Å²) in [6, 6.07) is 3.78. The van der Waals surface area contributed by atoms with E-state index in [1.807, 2.05) is 0 Å². The van der Waals surface area contributed by atoms with Crippen LogP contribution in [0.5, 0.6) is 0 Å². The molecule has 1 unspecified atom stereocenters. The Hall–Kier alpha value is -1.57. The molecule has 1 rings (SSSR count). The lowest BCUT2D eigenvalue weighted by Gasteiger charge is -2.20. The molecule has 0 aliphatic carbocycles. The Labute approximate surface area is 110 Å². The third kappa shape index (κ3) is 4.90. The van der Waals surface area contributed by atoms with E-state index in [-0.39, 0.29) is 6.61 Å². The van der Waals surface area contributed by atoms with Crippen molar-refractivity contribution < 1.29 is 19.2 Å². The average molecular weight is 272 g/mol. The number of nitro benzene ring substituents is 1. The van der Waals surface area contributed by atoms with Gasteiger partial charge < -0.3 is 9.84 Å². The summed E-state index contributed by atoms with van der Waals surface area (Å²) in [7, 11) is 3.26. The summed E-state index contributed by atoms with van der Waals surface area (Å²) in [6.07, 6.45) is -0.627. The highest BCUT2D eigenvalue weighted by Gasteiger charge is 2.15. The summed E-state index contributed by atoms with van der Waals surface area (Å²) in [6.45, 7) is 0.973. The van der Waals surface area contributed by atoms with Crippen molar-refractivity contribution in [2.45, 2.75) is 12.6 Å². The number of rotatable bonds is 7. The quantitative estimate of drug-likeness (QED) is 0.595. The highest BCUT2D eigenvalue weighted by molar-refractivity contribution is 5.34. The Morgan fingerprint density at radius 3 is 2.79 bits per heavy atom. The van der Waals surface area contributed by atoms with Gasteiger partial charge in [0.15, 0.2) is 0 Å². The standard InChI is InChI=1S/C12H17FN2O4/c1-14(7-10(16)8-19-2)6-9-3-4-12(15(17)18)11(13)5-9/h3-5,10,16H,6-8H2,1-2H3. The highest BCUT2D eigenvalue weighted by atomic mass is 19.1. The Kier molecular flexibility index (Phi) is 5.81. The number of hydrogen-bond donors (Lipinski definition) is 1. The van der Waals surface area contributed by atoms with E-state index in [1.54, 1.807) is 11.9 Å². The predicted octanol–water partition coefficient (Wildman–Crippen LogP) is 1.17. The maximum absolute atomic E-state index is 13.4. The Bertz CT molecular complexity index is 442. The first kappa shape index (κ1) is 15.5. The van der Waals surface area contributed by atoms with Crippen molar-refractivity contribution in [1.82, 2.24) is 4.90 Å². The summed E-state index contributed by atoms with van der Waals surface area (Å²) >= 11 is 0. The van der Waals surface area contributed by atoms with E-state index in [9.17, 15) is 19.6 Å². The Morgan fingerprint density at radius 1 is 1.58 bits per heavy atom. The summed E-state index contributed by atoms with van der Waals surface area (Å²) in [5, 5.41) is 20.0. The van der Waals surface area contributed by atoms with Gasteiger partial charge in [0.05, 0.1) is 17.6 Å². The molecule has 6 nitrogen and oxygen atoms in total. The van der Waals surface area contributed by atoms with E-state index in [0.29, 0.717) is 18.7 Å². The molecule has 0 aromatic heterocycles. The van der Waals surface area contributed by atoms with Gasteiger partial charge in [0, 0.05) is 26.3 Å². The number of benzene rings is 1. The zero-order valence-corrected chi connectivity index (χ0v) is 10.9. The minimum atomic E-state index is -0.853. The van der Waals surface area contributed by atoms with Gasteiger partial charge in [-0.15, -0.1) is 0 Å². The molecular formula is C12H17FN2O4. The second-order valence-electron chi connectivity index (χ2n) is 4.35. The summed E-state index contributed by atoms with van der Waals surface area (Å²) < 4.78 is 18.2. The molecule has 0 saturated heterocycles. The fourth-order valence-corrected chi connectivity index (χ4v) is 1.78. The number of ether oxygens (including phenoxy) is 1. The molecule has 0 aliphatic heterocycles. The highest BCUT2D eigenvalue weighted by Crippen LogP contribution is 2.18. The van der Waals surface area contributed by atoms with Gasteiger partial charge >= 0.3 is 5.69 Å². The van der Waals surface area contributed by atoms with Crippen molar-refractivity contribution in [3.8, 4) is 0 Å². The molecule has 7 heteroatoms. The van der Waals surface area contributed by atoms with Gasteiger partial charge in [-0.3, -0.25) is 15.0 Å². The molecule has 0 fully saturated rings. The molecule has 19 heavy (non-hydrogen) atoms. The van der Waals surface area contributed by atoms with E-state index in [1.165, 1.54) is 13.2 Å². The Morgan fingerprint density at radius 2 is 2.26 bits per heavy atom. The van der Waals surface area contributed by atoms with Crippen LogP contribution in [-0.2, 0) is 11.3 Å². The number of aliphatic hydroxyl groups excluding tert-OH is 1. The zero-order valence-electron chi connectivity index (χ0n) is 10.9. The van der Waals surface area contributed by atoms with Crippen LogP contribution in [0.3, 0.4) is 0 Å². The van der Waals surface area contributed by atoms with Crippen LogP contribution < -0.4 is 0 Å². The predicted molar refractivity (Wildman–Crippen MR) is 67.3 cm³/mol. The number of likely N-dealkylation sites (N-methyl/N-ethyl adjacent to an activating group) is 1. The minimum Gasteiger partial charge on any atom is -0.389 e. The van der Waals surface area contributed by atoms with Gasteiger partial charge in [-0.25, -0.2) is 0 Å². The normalized spacial score (nSPS) is 12.7. The van der Waals surface area contributed by atoms with E-state index in [2.05, 4.69) is 0 Å². The van der Waals surface area contributed by atoms with Crippen LogP contribution in [0.1, 0.15) is 5.56 Å². The number of nitro groups is 1. The molecule has 106 valence electrons. The smallest absolute Gasteiger partial charge is 0.304 e. The molecule has 0 heterocycles. The van der Waals surface area contributed by atoms with Gasteiger partial charge in [-0.2, -0.15) is 4.39 Å². The van der Waals surface area contributed by atoms with Crippen LogP contribution in [0, 0.1) is 15.9 Å². The third-order valence-electron chi connectivity index (χ3n) is 2.54. The van der Waals surface area contributed by atoms with Crippen molar-refractivity contribution in [2.24, 2.45) is 0 Å². The van der Waals surface area contributed by atoms with Crippen molar-refractivity contribution in [3.63, 3.8) is 0 Å². The van der Waals surface area contributed by atoms with Crippen LogP contribution in [-0.4, -0.2) is 48.3 Å². The number of methoxy groups -OCH3 is 1. The van der Waals surface area contributed by atoms with Gasteiger partial charge in [0.1, 0.15) is 0 Å². The van der Waals surface area contributed by atoms with E-state index < -0.39 is 22.5 Å². The number of nitrogens with zero attached hydrogens (tertiary/aromatic N) is 2. The minimum absolute atomic E-state index is 0.221. The van der Waals surface area contributed by atoms with Crippen molar-refractivity contribution in [3.05, 3.63) is 39.7 Å². The average Bonchev–Trinajstić information content (AvgIpc) is 2.28. The van der Waals surface area contributed by atoms with Gasteiger partial charge in [-0.1, -0.05) is 6.07 Å². The number of halogens is 1. The van der Waals surface area contributed by atoms with Gasteiger partial charge in [-0.05, 0) is 18.7 Å². The summed E-state index contributed by atoms with van der Waals surface area (Å²) in [4.78, 5) is 11.5. The molecule has 0 amide bonds. The Balaban J connectivity index is 2.62. The molecule has 0 bridgehead atoms. The largest absolute Gasteiger partial charge is 0.389 e. The molecular weight excluding hydrogens is 255 g/mol. The van der Waals surface area contributed by atoms with Crippen LogP contribution in [0.4, 0.5) is 10.1 Å². The first-order valence-electron chi connectivity index (χ1n) is 5.72. The second-order valence-corrected chi connectivity index (χ2v) is 4.35. The van der Waals surface area contributed by atoms with E-state index in [4.69, 9.17) is 4.74 Å². The maximum atomic E-state index is 13.4. The molecule has 0 radical (unpaired) electrons. The number of aliphatic hydroxyl groups is 1. The molecule has 1 aromatic rings. The topological polar surface area (TPSA) is 75.8 Å². The third-order valence-corrected chi connectivity index (χ3v) is 2.54. The molecule has 1 N–H and O–H groups in total.